The molecule has 3 rings (SSSR count). The molecule has 1 aromatic carbocycles. The second-order valence-electron chi connectivity index (χ2n) is 6.03. The fourth-order valence-corrected chi connectivity index (χ4v) is 3.31. The molecule has 2 N–H and O–H groups in total. The van der Waals surface area contributed by atoms with Crippen molar-refractivity contribution in [2.75, 3.05) is 23.7 Å². The molecule has 0 saturated heterocycles. The lowest BCUT2D eigenvalue weighted by Crippen LogP contribution is -2.13. The maximum Gasteiger partial charge on any atom is 0.259 e. The number of carbonyl (C=O) groups is 1. The van der Waals surface area contributed by atoms with E-state index in [1.165, 1.54) is 11.8 Å². The van der Waals surface area contributed by atoms with Gasteiger partial charge in [-0.2, -0.15) is 19.5 Å². The van der Waals surface area contributed by atoms with Gasteiger partial charge < -0.3 is 10.6 Å². The largest absolute Gasteiger partial charge is 0.354 e. The number of aromatic nitrogens is 5. The van der Waals surface area contributed by atoms with Gasteiger partial charge in [0.1, 0.15) is 0 Å². The van der Waals surface area contributed by atoms with E-state index in [1.54, 1.807) is 4.52 Å². The molecule has 0 aliphatic rings. The minimum absolute atomic E-state index is 0.0465. The molecule has 0 saturated carbocycles. The van der Waals surface area contributed by atoms with Gasteiger partial charge in [0.2, 0.25) is 17.1 Å². The number of hydrogen-bond acceptors (Lipinski definition) is 8. The number of rotatable bonds is 8. The zero-order valence-electron chi connectivity index (χ0n) is 15.9. The van der Waals surface area contributed by atoms with Crippen LogP contribution in [0.5, 0.6) is 0 Å². The van der Waals surface area contributed by atoms with Crippen LogP contribution in [0.4, 0.5) is 11.9 Å². The maximum absolute atomic E-state index is 12.7. The molecule has 8 nitrogen and oxygen atoms in total. The van der Waals surface area contributed by atoms with Crippen molar-refractivity contribution in [3.05, 3.63) is 35.4 Å². The van der Waals surface area contributed by atoms with Gasteiger partial charge in [0.15, 0.2) is 5.78 Å². The summed E-state index contributed by atoms with van der Waals surface area (Å²) >= 11 is 1.31. The van der Waals surface area contributed by atoms with Gasteiger partial charge in [0.05, 0.1) is 5.25 Å². The smallest absolute Gasteiger partial charge is 0.259 e. The molecule has 0 amide bonds. The van der Waals surface area contributed by atoms with E-state index in [2.05, 4.69) is 30.7 Å². The number of benzene rings is 1. The lowest BCUT2D eigenvalue weighted by Gasteiger charge is -2.08. The number of fused-ring (bicyclic) bond motifs is 1. The zero-order chi connectivity index (χ0) is 19.4. The van der Waals surface area contributed by atoms with Crippen LogP contribution in [0.25, 0.3) is 5.78 Å². The molecule has 3 aromatic rings. The summed E-state index contributed by atoms with van der Waals surface area (Å²) in [4.78, 5) is 25.9. The summed E-state index contributed by atoms with van der Waals surface area (Å²) < 4.78 is 1.57. The fourth-order valence-electron chi connectivity index (χ4n) is 2.49. The van der Waals surface area contributed by atoms with Crippen LogP contribution < -0.4 is 10.6 Å². The third-order valence-corrected chi connectivity index (χ3v) is 4.80. The first-order valence-corrected chi connectivity index (χ1v) is 9.79. The van der Waals surface area contributed by atoms with Crippen LogP contribution in [0.3, 0.4) is 0 Å². The number of thioether (sulfide) groups is 1. The summed E-state index contributed by atoms with van der Waals surface area (Å²) in [5, 5.41) is 10.9. The fraction of sp³-hybridized carbons (Fsp3) is 0.389. The van der Waals surface area contributed by atoms with Gasteiger partial charge in [-0.05, 0) is 27.7 Å². The first-order valence-electron chi connectivity index (χ1n) is 8.92. The SMILES string of the molecule is CCNc1nc(NCC)n2nc(S[C@@H](C)C(=O)c3ccc(C)cc3)nc2n1. The van der Waals surface area contributed by atoms with Crippen LogP contribution in [0.1, 0.15) is 36.7 Å². The predicted octanol–water partition coefficient (Wildman–Crippen LogP) is 3.05. The standard InChI is InChI=1S/C18H23N7OS/c1-5-19-15-21-16(20-6-2)25-17(22-15)23-18(24-25)27-12(4)14(26)13-9-7-11(3)8-10-13/h7-10,12H,5-6H2,1-4H3,(H2,19,20,21,22,23,24)/t12-/m0/s1. The number of nitrogens with zero attached hydrogens (tertiary/aromatic N) is 5. The maximum atomic E-state index is 12.7. The third kappa shape index (κ3) is 4.36. The Morgan fingerprint density at radius 3 is 2.48 bits per heavy atom. The van der Waals surface area contributed by atoms with E-state index in [0.717, 1.165) is 5.56 Å². The summed E-state index contributed by atoms with van der Waals surface area (Å²) in [6.07, 6.45) is 0. The number of aryl methyl sites for hydroxylation is 1. The average Bonchev–Trinajstić information content (AvgIpc) is 3.05. The van der Waals surface area contributed by atoms with Crippen LogP contribution in [0.15, 0.2) is 29.4 Å². The average molecular weight is 385 g/mol. The number of hydrogen-bond donors (Lipinski definition) is 2. The van der Waals surface area contributed by atoms with Gasteiger partial charge in [0.25, 0.3) is 5.78 Å². The molecule has 142 valence electrons. The lowest BCUT2D eigenvalue weighted by atomic mass is 10.1. The van der Waals surface area contributed by atoms with Gasteiger partial charge in [-0.3, -0.25) is 4.79 Å². The molecule has 9 heteroatoms. The van der Waals surface area contributed by atoms with E-state index in [9.17, 15) is 4.79 Å². The van der Waals surface area contributed by atoms with Gasteiger partial charge in [-0.25, -0.2) is 0 Å². The summed E-state index contributed by atoms with van der Waals surface area (Å²) in [6, 6.07) is 7.58. The van der Waals surface area contributed by atoms with Crippen molar-refractivity contribution in [3.63, 3.8) is 0 Å². The lowest BCUT2D eigenvalue weighted by molar-refractivity contribution is 0.0994. The quantitative estimate of drug-likeness (QED) is 0.451. The molecule has 0 fully saturated rings. The molecule has 0 radical (unpaired) electrons. The van der Waals surface area contributed by atoms with E-state index >= 15 is 0 Å². The van der Waals surface area contributed by atoms with Crippen molar-refractivity contribution in [1.82, 2.24) is 24.6 Å². The van der Waals surface area contributed by atoms with Gasteiger partial charge in [0, 0.05) is 18.7 Å². The van der Waals surface area contributed by atoms with E-state index in [1.807, 2.05) is 52.0 Å². The predicted molar refractivity (Wildman–Crippen MR) is 108 cm³/mol. The molecule has 0 unspecified atom stereocenters. The number of anilines is 2. The minimum Gasteiger partial charge on any atom is -0.354 e. The first-order chi connectivity index (χ1) is 13.0. The Balaban J connectivity index is 1.84. The Morgan fingerprint density at radius 1 is 1.11 bits per heavy atom. The van der Waals surface area contributed by atoms with E-state index in [-0.39, 0.29) is 11.0 Å². The van der Waals surface area contributed by atoms with Gasteiger partial charge in [-0.15, -0.1) is 5.10 Å². The van der Waals surface area contributed by atoms with E-state index in [4.69, 9.17) is 0 Å². The molecule has 1 atom stereocenters. The molecule has 2 heterocycles. The van der Waals surface area contributed by atoms with Crippen molar-refractivity contribution in [2.24, 2.45) is 0 Å². The van der Waals surface area contributed by atoms with Crippen molar-refractivity contribution < 1.29 is 4.79 Å². The molecule has 0 aliphatic carbocycles. The highest BCUT2D eigenvalue weighted by atomic mass is 32.2. The van der Waals surface area contributed by atoms with E-state index in [0.29, 0.717) is 41.5 Å². The molecular formula is C18H23N7OS. The zero-order valence-corrected chi connectivity index (χ0v) is 16.7. The van der Waals surface area contributed by atoms with E-state index < -0.39 is 0 Å². The van der Waals surface area contributed by atoms with Crippen molar-refractivity contribution in [2.45, 2.75) is 38.1 Å². The Labute approximate surface area is 162 Å². The normalized spacial score (nSPS) is 12.1. The molecule has 27 heavy (non-hydrogen) atoms. The van der Waals surface area contributed by atoms with Crippen LogP contribution in [0.2, 0.25) is 0 Å². The Morgan fingerprint density at radius 2 is 1.81 bits per heavy atom. The van der Waals surface area contributed by atoms with Gasteiger partial charge in [-0.1, -0.05) is 41.6 Å². The molecule has 0 spiro atoms. The van der Waals surface area contributed by atoms with Gasteiger partial charge >= 0.3 is 0 Å². The summed E-state index contributed by atoms with van der Waals surface area (Å²) in [5.74, 6) is 1.54. The number of Topliss-reactive ketones (excluding diaryl/α,β-unsaturated/α-hetero) is 1. The Kier molecular flexibility index (Phi) is 5.90. The molecule has 2 aromatic heterocycles. The summed E-state index contributed by atoms with van der Waals surface area (Å²) in [7, 11) is 0. The second kappa shape index (κ2) is 8.34. The second-order valence-corrected chi connectivity index (χ2v) is 7.34. The minimum atomic E-state index is -0.311. The van der Waals surface area contributed by atoms with Crippen LogP contribution >= 0.6 is 11.8 Å². The highest BCUT2D eigenvalue weighted by Crippen LogP contribution is 2.24. The van der Waals surface area contributed by atoms with Crippen LogP contribution in [-0.2, 0) is 0 Å². The topological polar surface area (TPSA) is 97.1 Å². The monoisotopic (exact) mass is 385 g/mol. The number of ketones is 1. The van der Waals surface area contributed by atoms with Crippen LogP contribution in [-0.4, -0.2) is 48.7 Å². The molecule has 0 aliphatic heterocycles. The highest BCUT2D eigenvalue weighted by Gasteiger charge is 2.20. The number of carbonyl (C=O) groups excluding carboxylic acids is 1. The summed E-state index contributed by atoms with van der Waals surface area (Å²) in [6.45, 7) is 9.22. The Bertz CT molecular complexity index is 939. The van der Waals surface area contributed by atoms with Crippen molar-refractivity contribution in [3.8, 4) is 0 Å². The molecular weight excluding hydrogens is 362 g/mol. The first kappa shape index (κ1) is 19.1. The highest BCUT2D eigenvalue weighted by molar-refractivity contribution is 8.00. The summed E-state index contributed by atoms with van der Waals surface area (Å²) in [5.41, 5.74) is 1.81. The molecule has 0 bridgehead atoms. The third-order valence-electron chi connectivity index (χ3n) is 3.85. The van der Waals surface area contributed by atoms with Crippen molar-refractivity contribution >= 4 is 35.2 Å². The van der Waals surface area contributed by atoms with Crippen molar-refractivity contribution in [1.29, 1.82) is 0 Å². The Hall–Kier alpha value is -2.68. The van der Waals surface area contributed by atoms with Crippen LogP contribution in [0, 0.1) is 6.92 Å². The number of nitrogens with one attached hydrogen (secondary N) is 2.